The second kappa shape index (κ2) is 8.35. The Bertz CT molecular complexity index is 427. The Kier molecular flexibility index (Phi) is 6.76. The minimum atomic E-state index is -2.91. The monoisotopic (exact) mass is 287 g/mol. The highest BCUT2D eigenvalue weighted by atomic mass is 19.3. The largest absolute Gasteiger partial charge is 0.464 e. The lowest BCUT2D eigenvalue weighted by Crippen LogP contribution is -2.31. The predicted molar refractivity (Wildman–Crippen MR) is 72.0 cm³/mol. The first-order chi connectivity index (χ1) is 9.58. The zero-order chi connectivity index (χ0) is 15.0. The van der Waals surface area contributed by atoms with Crippen LogP contribution in [0.5, 0.6) is 5.75 Å². The van der Waals surface area contributed by atoms with Gasteiger partial charge in [0.25, 0.3) is 0 Å². The third-order valence-electron chi connectivity index (χ3n) is 2.58. The Balaban J connectivity index is 2.84. The van der Waals surface area contributed by atoms with Crippen molar-refractivity contribution in [2.24, 2.45) is 0 Å². The van der Waals surface area contributed by atoms with Crippen molar-refractivity contribution in [2.75, 3.05) is 11.9 Å². The summed E-state index contributed by atoms with van der Waals surface area (Å²) in [5.41, 5.74) is 0.347. The molecule has 1 atom stereocenters. The van der Waals surface area contributed by atoms with Crippen LogP contribution in [0.25, 0.3) is 0 Å². The minimum absolute atomic E-state index is 0.00732. The van der Waals surface area contributed by atoms with Crippen LogP contribution in [-0.4, -0.2) is 25.2 Å². The Morgan fingerprint density at radius 2 is 2.00 bits per heavy atom. The molecule has 0 saturated carbocycles. The number of benzene rings is 1. The molecule has 0 amide bonds. The normalized spacial score (nSPS) is 12.1. The van der Waals surface area contributed by atoms with Crippen molar-refractivity contribution in [3.8, 4) is 5.75 Å². The van der Waals surface area contributed by atoms with Gasteiger partial charge in [-0.1, -0.05) is 25.5 Å². The molecule has 0 heterocycles. The van der Waals surface area contributed by atoms with Gasteiger partial charge in [0.1, 0.15) is 11.8 Å². The zero-order valence-electron chi connectivity index (χ0n) is 11.6. The molecule has 4 nitrogen and oxygen atoms in total. The van der Waals surface area contributed by atoms with Crippen molar-refractivity contribution in [1.82, 2.24) is 0 Å². The van der Waals surface area contributed by atoms with E-state index in [1.54, 1.807) is 25.1 Å². The Labute approximate surface area is 117 Å². The van der Waals surface area contributed by atoms with E-state index in [9.17, 15) is 13.6 Å². The molecule has 0 radical (unpaired) electrons. The number of carbonyl (C=O) groups is 1. The molecular weight excluding hydrogens is 268 g/mol. The molecule has 0 fully saturated rings. The Morgan fingerprint density at radius 3 is 2.60 bits per heavy atom. The van der Waals surface area contributed by atoms with Crippen LogP contribution in [0.2, 0.25) is 0 Å². The lowest BCUT2D eigenvalue weighted by molar-refractivity contribution is -0.144. The summed E-state index contributed by atoms with van der Waals surface area (Å²) < 4.78 is 34.0. The summed E-state index contributed by atoms with van der Waals surface area (Å²) in [6.45, 7) is 1.00. The molecule has 1 N–H and O–H groups in total. The van der Waals surface area contributed by atoms with E-state index in [1.807, 2.05) is 6.92 Å². The first-order valence-corrected chi connectivity index (χ1v) is 6.55. The van der Waals surface area contributed by atoms with Crippen LogP contribution in [0.15, 0.2) is 24.3 Å². The van der Waals surface area contributed by atoms with Crippen LogP contribution in [0, 0.1) is 0 Å². The van der Waals surface area contributed by atoms with Gasteiger partial charge in [-0.15, -0.1) is 0 Å². The minimum Gasteiger partial charge on any atom is -0.464 e. The topological polar surface area (TPSA) is 47.6 Å². The highest BCUT2D eigenvalue weighted by Crippen LogP contribution is 2.26. The summed E-state index contributed by atoms with van der Waals surface area (Å²) >= 11 is 0. The molecule has 0 aliphatic rings. The number of hydrogen-bond donors (Lipinski definition) is 1. The fourth-order valence-corrected chi connectivity index (χ4v) is 1.75. The molecule has 0 spiro atoms. The van der Waals surface area contributed by atoms with Crippen molar-refractivity contribution >= 4 is 11.7 Å². The zero-order valence-corrected chi connectivity index (χ0v) is 11.6. The summed E-state index contributed by atoms with van der Waals surface area (Å²) in [6.07, 6.45) is 1.30. The van der Waals surface area contributed by atoms with Gasteiger partial charge in [0.05, 0.1) is 12.3 Å². The molecule has 1 aromatic carbocycles. The molecule has 0 aliphatic carbocycles. The van der Waals surface area contributed by atoms with Crippen molar-refractivity contribution in [3.05, 3.63) is 24.3 Å². The van der Waals surface area contributed by atoms with Crippen LogP contribution in [0.3, 0.4) is 0 Å². The molecule has 112 valence electrons. The van der Waals surface area contributed by atoms with Gasteiger partial charge in [-0.05, 0) is 25.5 Å². The molecule has 0 saturated heterocycles. The fraction of sp³-hybridized carbons (Fsp3) is 0.500. The van der Waals surface area contributed by atoms with Crippen LogP contribution in [0.1, 0.15) is 26.7 Å². The Morgan fingerprint density at radius 1 is 1.30 bits per heavy atom. The lowest BCUT2D eigenvalue weighted by Gasteiger charge is -2.19. The van der Waals surface area contributed by atoms with E-state index in [2.05, 4.69) is 10.1 Å². The average molecular weight is 287 g/mol. The number of anilines is 1. The van der Waals surface area contributed by atoms with E-state index in [-0.39, 0.29) is 12.4 Å². The van der Waals surface area contributed by atoms with Gasteiger partial charge in [0, 0.05) is 0 Å². The van der Waals surface area contributed by atoms with Gasteiger partial charge >= 0.3 is 12.6 Å². The molecule has 0 aliphatic heterocycles. The molecule has 0 bridgehead atoms. The van der Waals surface area contributed by atoms with Gasteiger partial charge < -0.3 is 14.8 Å². The molecule has 1 rings (SSSR count). The number of nitrogens with one attached hydrogen (secondary N) is 1. The average Bonchev–Trinajstić information content (AvgIpc) is 2.40. The van der Waals surface area contributed by atoms with E-state index in [0.717, 1.165) is 6.42 Å². The van der Waals surface area contributed by atoms with Crippen LogP contribution in [0.4, 0.5) is 14.5 Å². The van der Waals surface area contributed by atoms with E-state index in [4.69, 9.17) is 4.74 Å². The quantitative estimate of drug-likeness (QED) is 0.744. The van der Waals surface area contributed by atoms with E-state index in [1.165, 1.54) is 6.07 Å². The van der Waals surface area contributed by atoms with Gasteiger partial charge in [0.15, 0.2) is 0 Å². The van der Waals surface area contributed by atoms with Crippen molar-refractivity contribution in [3.63, 3.8) is 0 Å². The number of ether oxygens (including phenoxy) is 2. The lowest BCUT2D eigenvalue weighted by atomic mass is 10.1. The summed E-state index contributed by atoms with van der Waals surface area (Å²) in [5, 5.41) is 2.91. The molecule has 0 aromatic heterocycles. The number of rotatable bonds is 8. The first-order valence-electron chi connectivity index (χ1n) is 6.55. The number of para-hydroxylation sites is 2. The van der Waals surface area contributed by atoms with Crippen LogP contribution < -0.4 is 10.1 Å². The molecular formula is C14H19F2NO3. The smallest absolute Gasteiger partial charge is 0.387 e. The summed E-state index contributed by atoms with van der Waals surface area (Å²) in [7, 11) is 0. The van der Waals surface area contributed by atoms with E-state index < -0.39 is 18.6 Å². The highest BCUT2D eigenvalue weighted by molar-refractivity contribution is 5.80. The van der Waals surface area contributed by atoms with Gasteiger partial charge in [-0.2, -0.15) is 8.78 Å². The SMILES string of the molecule is CCCC(Nc1ccccc1OC(F)F)C(=O)OCC. The molecule has 6 heteroatoms. The number of halogens is 2. The highest BCUT2D eigenvalue weighted by Gasteiger charge is 2.20. The van der Waals surface area contributed by atoms with E-state index in [0.29, 0.717) is 12.1 Å². The maximum Gasteiger partial charge on any atom is 0.387 e. The van der Waals surface area contributed by atoms with Crippen LogP contribution >= 0.6 is 0 Å². The van der Waals surface area contributed by atoms with Crippen LogP contribution in [-0.2, 0) is 9.53 Å². The van der Waals surface area contributed by atoms with Gasteiger partial charge in [-0.3, -0.25) is 0 Å². The van der Waals surface area contributed by atoms with Crippen molar-refractivity contribution in [1.29, 1.82) is 0 Å². The van der Waals surface area contributed by atoms with Gasteiger partial charge in [0.2, 0.25) is 0 Å². The number of esters is 1. The molecule has 20 heavy (non-hydrogen) atoms. The van der Waals surface area contributed by atoms with Crippen molar-refractivity contribution < 1.29 is 23.0 Å². The third-order valence-corrected chi connectivity index (χ3v) is 2.58. The second-order valence-electron chi connectivity index (χ2n) is 4.11. The molecule has 1 aromatic rings. The summed E-state index contributed by atoms with van der Waals surface area (Å²) in [6, 6.07) is 5.68. The molecule has 1 unspecified atom stereocenters. The maximum atomic E-state index is 12.3. The fourth-order valence-electron chi connectivity index (χ4n) is 1.75. The van der Waals surface area contributed by atoms with Gasteiger partial charge in [-0.25, -0.2) is 4.79 Å². The standard InChI is InChI=1S/C14H19F2NO3/c1-3-7-11(13(18)19-4-2)17-10-8-5-6-9-12(10)20-14(15)16/h5-6,8-9,11,14,17H,3-4,7H2,1-2H3. The summed E-state index contributed by atoms with van der Waals surface area (Å²) in [4.78, 5) is 11.8. The van der Waals surface area contributed by atoms with Crippen molar-refractivity contribution in [2.45, 2.75) is 39.3 Å². The number of alkyl halides is 2. The third kappa shape index (κ3) is 5.03. The first kappa shape index (κ1) is 16.2. The van der Waals surface area contributed by atoms with E-state index >= 15 is 0 Å². The maximum absolute atomic E-state index is 12.3. The summed E-state index contributed by atoms with van der Waals surface area (Å²) in [5.74, 6) is -0.394. The Hall–Kier alpha value is -1.85. The number of carbonyl (C=O) groups excluding carboxylic acids is 1. The predicted octanol–water partition coefficient (Wildman–Crippen LogP) is 3.43. The number of hydrogen-bond acceptors (Lipinski definition) is 4. The second-order valence-corrected chi connectivity index (χ2v) is 4.11.